The molecule has 0 bridgehead atoms. The third kappa shape index (κ3) is 3.60. The molecule has 1 fully saturated rings. The van der Waals surface area contributed by atoms with Crippen LogP contribution >= 0.6 is 0 Å². The quantitative estimate of drug-likeness (QED) is 0.810. The van der Waals surface area contributed by atoms with Crippen LogP contribution in [0.5, 0.6) is 0 Å². The third-order valence-corrected chi connectivity index (χ3v) is 4.09. The van der Waals surface area contributed by atoms with Crippen LogP contribution in [0.3, 0.4) is 0 Å². The maximum Gasteiger partial charge on any atom is 0.341 e. The van der Waals surface area contributed by atoms with E-state index in [9.17, 15) is 4.79 Å². The summed E-state index contributed by atoms with van der Waals surface area (Å²) < 4.78 is 6.80. The standard InChI is InChI=1S/C15H25N3O2/c1-4-20-15(19)13-9-17-18(3)14(13)10-16-8-12-6-5-11(2)7-12/h9,11-12,16H,4-8,10H2,1-3H3. The van der Waals surface area contributed by atoms with Crippen molar-refractivity contribution < 1.29 is 9.53 Å². The zero-order chi connectivity index (χ0) is 14.5. The average molecular weight is 279 g/mol. The van der Waals surface area contributed by atoms with E-state index in [0.29, 0.717) is 18.7 Å². The first-order valence-electron chi connectivity index (χ1n) is 7.50. The molecule has 1 N–H and O–H groups in total. The lowest BCUT2D eigenvalue weighted by atomic mass is 10.1. The van der Waals surface area contributed by atoms with Crippen LogP contribution in [-0.4, -0.2) is 28.9 Å². The molecule has 0 aromatic carbocycles. The molecular weight excluding hydrogens is 254 g/mol. The van der Waals surface area contributed by atoms with Crippen molar-refractivity contribution >= 4 is 5.97 Å². The van der Waals surface area contributed by atoms with E-state index in [1.807, 2.05) is 14.0 Å². The van der Waals surface area contributed by atoms with Gasteiger partial charge in [-0.05, 0) is 38.1 Å². The second kappa shape index (κ2) is 6.88. The lowest BCUT2D eigenvalue weighted by molar-refractivity contribution is 0.0524. The number of nitrogens with one attached hydrogen (secondary N) is 1. The zero-order valence-electron chi connectivity index (χ0n) is 12.7. The van der Waals surface area contributed by atoms with Crippen molar-refractivity contribution in [3.05, 3.63) is 17.5 Å². The molecule has 2 atom stereocenters. The second-order valence-corrected chi connectivity index (χ2v) is 5.76. The topological polar surface area (TPSA) is 56.1 Å². The molecule has 1 saturated carbocycles. The van der Waals surface area contributed by atoms with Gasteiger partial charge in [0, 0.05) is 13.6 Å². The maximum absolute atomic E-state index is 11.8. The van der Waals surface area contributed by atoms with Crippen LogP contribution in [0.4, 0.5) is 0 Å². The van der Waals surface area contributed by atoms with Crippen LogP contribution in [0.25, 0.3) is 0 Å². The van der Waals surface area contributed by atoms with E-state index in [1.54, 1.807) is 10.9 Å². The predicted octanol–water partition coefficient (Wildman–Crippen LogP) is 2.12. The van der Waals surface area contributed by atoms with Gasteiger partial charge in [-0.25, -0.2) is 4.79 Å². The second-order valence-electron chi connectivity index (χ2n) is 5.76. The molecule has 0 spiro atoms. The van der Waals surface area contributed by atoms with Crippen molar-refractivity contribution in [1.82, 2.24) is 15.1 Å². The first-order valence-corrected chi connectivity index (χ1v) is 7.50. The van der Waals surface area contributed by atoms with Crippen LogP contribution in [0, 0.1) is 11.8 Å². The summed E-state index contributed by atoms with van der Waals surface area (Å²) in [6.07, 6.45) is 5.55. The molecule has 1 aliphatic rings. The lowest BCUT2D eigenvalue weighted by Gasteiger charge is -2.12. The zero-order valence-corrected chi connectivity index (χ0v) is 12.7. The molecule has 0 aliphatic heterocycles. The van der Waals surface area contributed by atoms with E-state index in [-0.39, 0.29) is 5.97 Å². The minimum absolute atomic E-state index is 0.285. The van der Waals surface area contributed by atoms with Crippen LogP contribution in [0.1, 0.15) is 49.2 Å². The summed E-state index contributed by atoms with van der Waals surface area (Å²) in [6, 6.07) is 0. The first-order chi connectivity index (χ1) is 9.61. The largest absolute Gasteiger partial charge is 0.462 e. The number of esters is 1. The summed E-state index contributed by atoms with van der Waals surface area (Å²) >= 11 is 0. The molecule has 1 heterocycles. The van der Waals surface area contributed by atoms with Crippen LogP contribution < -0.4 is 5.32 Å². The van der Waals surface area contributed by atoms with Gasteiger partial charge in [0.25, 0.3) is 0 Å². The highest BCUT2D eigenvalue weighted by molar-refractivity contribution is 5.90. The number of rotatable bonds is 6. The molecule has 2 rings (SSSR count). The molecule has 0 radical (unpaired) electrons. The Morgan fingerprint density at radius 2 is 2.35 bits per heavy atom. The van der Waals surface area contributed by atoms with Crippen LogP contribution in [0.2, 0.25) is 0 Å². The molecule has 2 unspecified atom stereocenters. The van der Waals surface area contributed by atoms with Gasteiger partial charge in [0.2, 0.25) is 0 Å². The van der Waals surface area contributed by atoms with Crippen molar-refractivity contribution in [2.45, 2.75) is 39.7 Å². The first kappa shape index (κ1) is 15.0. The average Bonchev–Trinajstić information content (AvgIpc) is 2.97. The summed E-state index contributed by atoms with van der Waals surface area (Å²) in [7, 11) is 1.86. The van der Waals surface area contributed by atoms with Gasteiger partial charge < -0.3 is 10.1 Å². The van der Waals surface area contributed by atoms with Crippen LogP contribution in [0.15, 0.2) is 6.20 Å². The van der Waals surface area contributed by atoms with Gasteiger partial charge in [0.05, 0.1) is 18.5 Å². The highest BCUT2D eigenvalue weighted by Crippen LogP contribution is 2.29. The summed E-state index contributed by atoms with van der Waals surface area (Å²) in [4.78, 5) is 11.8. The monoisotopic (exact) mass is 279 g/mol. The van der Waals surface area contributed by atoms with E-state index >= 15 is 0 Å². The Morgan fingerprint density at radius 1 is 1.55 bits per heavy atom. The number of aryl methyl sites for hydroxylation is 1. The molecule has 0 amide bonds. The maximum atomic E-state index is 11.8. The molecule has 1 aromatic heterocycles. The fourth-order valence-corrected chi connectivity index (χ4v) is 2.96. The van der Waals surface area contributed by atoms with Gasteiger partial charge in [-0.2, -0.15) is 5.10 Å². The molecule has 112 valence electrons. The molecule has 5 nitrogen and oxygen atoms in total. The van der Waals surface area contributed by atoms with Gasteiger partial charge in [-0.15, -0.1) is 0 Å². The van der Waals surface area contributed by atoms with Gasteiger partial charge in [-0.1, -0.05) is 13.3 Å². The van der Waals surface area contributed by atoms with E-state index in [2.05, 4.69) is 17.3 Å². The molecular formula is C15H25N3O2. The van der Waals surface area contributed by atoms with Gasteiger partial charge in [0.1, 0.15) is 5.56 Å². The number of hydrogen-bond donors (Lipinski definition) is 1. The summed E-state index contributed by atoms with van der Waals surface area (Å²) in [5.41, 5.74) is 1.47. The Labute approximate surface area is 120 Å². The number of nitrogens with zero attached hydrogens (tertiary/aromatic N) is 2. The molecule has 20 heavy (non-hydrogen) atoms. The van der Waals surface area contributed by atoms with E-state index in [4.69, 9.17) is 4.74 Å². The number of carbonyl (C=O) groups excluding carboxylic acids is 1. The van der Waals surface area contributed by atoms with E-state index in [1.165, 1.54) is 19.3 Å². The van der Waals surface area contributed by atoms with Crippen molar-refractivity contribution in [3.63, 3.8) is 0 Å². The normalized spacial score (nSPS) is 22.1. The number of hydrogen-bond acceptors (Lipinski definition) is 4. The Kier molecular flexibility index (Phi) is 5.17. The minimum atomic E-state index is -0.285. The highest BCUT2D eigenvalue weighted by Gasteiger charge is 2.21. The molecule has 5 heteroatoms. The Morgan fingerprint density at radius 3 is 3.00 bits per heavy atom. The van der Waals surface area contributed by atoms with Crippen molar-refractivity contribution in [3.8, 4) is 0 Å². The van der Waals surface area contributed by atoms with Crippen LogP contribution in [-0.2, 0) is 18.3 Å². The molecule has 0 saturated heterocycles. The Bertz CT molecular complexity index is 456. The SMILES string of the molecule is CCOC(=O)c1cnn(C)c1CNCC1CCC(C)C1. The van der Waals surface area contributed by atoms with Crippen molar-refractivity contribution in [1.29, 1.82) is 0 Å². The van der Waals surface area contributed by atoms with E-state index in [0.717, 1.165) is 24.1 Å². The predicted molar refractivity (Wildman–Crippen MR) is 77.4 cm³/mol. The fourth-order valence-electron chi connectivity index (χ4n) is 2.96. The minimum Gasteiger partial charge on any atom is -0.462 e. The third-order valence-electron chi connectivity index (χ3n) is 4.09. The van der Waals surface area contributed by atoms with Crippen molar-refractivity contribution in [2.75, 3.05) is 13.2 Å². The lowest BCUT2D eigenvalue weighted by Crippen LogP contribution is -2.23. The Balaban J connectivity index is 1.88. The number of aromatic nitrogens is 2. The van der Waals surface area contributed by atoms with E-state index < -0.39 is 0 Å². The summed E-state index contributed by atoms with van der Waals surface area (Å²) in [6.45, 7) is 6.20. The van der Waals surface area contributed by atoms with Crippen molar-refractivity contribution in [2.24, 2.45) is 18.9 Å². The number of ether oxygens (including phenoxy) is 1. The summed E-state index contributed by atoms with van der Waals surface area (Å²) in [5, 5.41) is 7.62. The fraction of sp³-hybridized carbons (Fsp3) is 0.733. The van der Waals surface area contributed by atoms with Gasteiger partial charge >= 0.3 is 5.97 Å². The Hall–Kier alpha value is -1.36. The van der Waals surface area contributed by atoms with Gasteiger partial charge in [-0.3, -0.25) is 4.68 Å². The summed E-state index contributed by atoms with van der Waals surface area (Å²) in [5.74, 6) is 1.34. The smallest absolute Gasteiger partial charge is 0.341 e. The molecule has 1 aromatic rings. The van der Waals surface area contributed by atoms with Gasteiger partial charge in [0.15, 0.2) is 0 Å². The highest BCUT2D eigenvalue weighted by atomic mass is 16.5. The molecule has 1 aliphatic carbocycles. The number of carbonyl (C=O) groups is 1.